The molecule has 1 aromatic heterocycles. The molecule has 0 aliphatic carbocycles. The molecule has 10 heteroatoms. The molecule has 27 heavy (non-hydrogen) atoms. The number of rotatable bonds is 7. The van der Waals surface area contributed by atoms with E-state index < -0.39 is 5.91 Å². The van der Waals surface area contributed by atoms with Gasteiger partial charge in [0.1, 0.15) is 5.02 Å². The maximum Gasteiger partial charge on any atom is 0.291 e. The largest absolute Gasteiger partial charge is 0.493 e. The van der Waals surface area contributed by atoms with Crippen LogP contribution >= 0.6 is 34.8 Å². The number of anilines is 1. The van der Waals surface area contributed by atoms with E-state index in [1.54, 1.807) is 25.3 Å². The minimum Gasteiger partial charge on any atom is -0.493 e. The summed E-state index contributed by atoms with van der Waals surface area (Å²) in [6.45, 7) is 2.50. The summed E-state index contributed by atoms with van der Waals surface area (Å²) in [6, 6.07) is 5.31. The van der Waals surface area contributed by atoms with Gasteiger partial charge in [0.2, 0.25) is 0 Å². The first-order chi connectivity index (χ1) is 12.9. The number of nitrogens with one attached hydrogen (secondary N) is 1. The Hall–Kier alpha value is -2.22. The van der Waals surface area contributed by atoms with Crippen molar-refractivity contribution in [2.75, 3.05) is 19.5 Å². The van der Waals surface area contributed by atoms with Gasteiger partial charge in [-0.15, -0.1) is 0 Å². The highest BCUT2D eigenvalue weighted by atomic mass is 35.5. The Morgan fingerprint density at radius 2 is 2.07 bits per heavy atom. The summed E-state index contributed by atoms with van der Waals surface area (Å²) in [5.41, 5.74) is 8.42. The Morgan fingerprint density at radius 1 is 1.33 bits per heavy atom. The first kappa shape index (κ1) is 21.1. The fraction of sp³-hybridized carbons (Fsp3) is 0.235. The van der Waals surface area contributed by atoms with Crippen LogP contribution in [0.15, 0.2) is 23.3 Å². The van der Waals surface area contributed by atoms with Crippen molar-refractivity contribution in [3.05, 3.63) is 44.7 Å². The van der Waals surface area contributed by atoms with Gasteiger partial charge < -0.3 is 15.2 Å². The molecule has 0 saturated heterocycles. The van der Waals surface area contributed by atoms with Gasteiger partial charge in [-0.1, -0.05) is 47.8 Å². The van der Waals surface area contributed by atoms with Gasteiger partial charge in [-0.2, -0.15) is 5.10 Å². The molecule has 0 aliphatic heterocycles. The predicted molar refractivity (Wildman–Crippen MR) is 108 cm³/mol. The van der Waals surface area contributed by atoms with Crippen LogP contribution in [-0.2, 0) is 0 Å². The lowest BCUT2D eigenvalue weighted by atomic mass is 10.2. The van der Waals surface area contributed by atoms with Crippen LogP contribution in [0.4, 0.5) is 5.69 Å². The van der Waals surface area contributed by atoms with E-state index >= 15 is 0 Å². The third-order valence-electron chi connectivity index (χ3n) is 3.34. The number of hydrazone groups is 1. The van der Waals surface area contributed by atoms with Crippen molar-refractivity contribution >= 4 is 52.6 Å². The average molecular weight is 432 g/mol. The minimum atomic E-state index is -0.694. The zero-order valence-electron chi connectivity index (χ0n) is 14.6. The van der Waals surface area contributed by atoms with E-state index in [2.05, 4.69) is 15.5 Å². The molecule has 0 fully saturated rings. The van der Waals surface area contributed by atoms with Gasteiger partial charge in [-0.3, -0.25) is 4.79 Å². The van der Waals surface area contributed by atoms with E-state index in [4.69, 9.17) is 50.0 Å². The van der Waals surface area contributed by atoms with Crippen LogP contribution in [0, 0.1) is 0 Å². The Kier molecular flexibility index (Phi) is 7.53. The van der Waals surface area contributed by atoms with Crippen molar-refractivity contribution in [1.29, 1.82) is 0 Å². The van der Waals surface area contributed by atoms with E-state index in [0.717, 1.165) is 6.42 Å². The SMILES string of the molecule is CCCOc1c(/C=N/NC(=O)c2nc(Cl)c(Cl)c(N)c2Cl)cccc1OC. The normalized spacial score (nSPS) is 10.9. The van der Waals surface area contributed by atoms with Crippen LogP contribution in [0.2, 0.25) is 15.2 Å². The third kappa shape index (κ3) is 4.94. The van der Waals surface area contributed by atoms with Gasteiger partial charge >= 0.3 is 0 Å². The molecule has 1 aromatic carbocycles. The highest BCUT2D eigenvalue weighted by Gasteiger charge is 2.19. The molecule has 2 aromatic rings. The van der Waals surface area contributed by atoms with Gasteiger partial charge in [-0.25, -0.2) is 10.4 Å². The first-order valence-electron chi connectivity index (χ1n) is 7.83. The van der Waals surface area contributed by atoms with Crippen LogP contribution < -0.4 is 20.6 Å². The van der Waals surface area contributed by atoms with E-state index in [1.807, 2.05) is 6.92 Å². The Morgan fingerprint density at radius 3 is 2.74 bits per heavy atom. The minimum absolute atomic E-state index is 0.0178. The Balaban J connectivity index is 2.22. The number of halogens is 3. The second-order valence-corrected chi connectivity index (χ2v) is 6.33. The quantitative estimate of drug-likeness (QED) is 0.389. The molecule has 0 bridgehead atoms. The molecule has 7 nitrogen and oxygen atoms in total. The molecule has 3 N–H and O–H groups in total. The van der Waals surface area contributed by atoms with Crippen molar-refractivity contribution in [2.45, 2.75) is 13.3 Å². The van der Waals surface area contributed by atoms with Crippen LogP contribution in [-0.4, -0.2) is 30.8 Å². The standard InChI is InChI=1S/C17H17Cl3N4O3/c1-3-7-27-15-9(5-4-6-10(15)26-2)8-22-24-17(25)14-11(18)13(21)12(19)16(20)23-14/h4-6,8H,3,7H2,1-2H3,(H2,21,23)(H,24,25)/b22-8+. The van der Waals surface area contributed by atoms with Crippen molar-refractivity contribution in [3.63, 3.8) is 0 Å². The van der Waals surface area contributed by atoms with E-state index in [9.17, 15) is 4.79 Å². The maximum absolute atomic E-state index is 12.3. The molecular formula is C17H17Cl3N4O3. The zero-order chi connectivity index (χ0) is 20.0. The number of para-hydroxylation sites is 1. The second-order valence-electron chi connectivity index (χ2n) is 5.22. The fourth-order valence-corrected chi connectivity index (χ4v) is 2.64. The molecular weight excluding hydrogens is 415 g/mol. The fourth-order valence-electron chi connectivity index (χ4n) is 2.05. The molecule has 0 aliphatic rings. The molecule has 1 amide bonds. The third-order valence-corrected chi connectivity index (χ3v) is 4.47. The molecule has 0 spiro atoms. The number of carbonyl (C=O) groups is 1. The molecule has 144 valence electrons. The summed E-state index contributed by atoms with van der Waals surface area (Å²) in [7, 11) is 1.54. The Bertz CT molecular complexity index is 875. The summed E-state index contributed by atoms with van der Waals surface area (Å²) >= 11 is 17.7. The van der Waals surface area contributed by atoms with Crippen LogP contribution in [0.1, 0.15) is 29.4 Å². The number of nitrogen functional groups attached to an aromatic ring is 1. The summed E-state index contributed by atoms with van der Waals surface area (Å²) < 4.78 is 11.0. The molecule has 0 atom stereocenters. The maximum atomic E-state index is 12.3. The number of hydrogen-bond acceptors (Lipinski definition) is 6. The van der Waals surface area contributed by atoms with E-state index in [1.165, 1.54) is 6.21 Å². The lowest BCUT2D eigenvalue weighted by Gasteiger charge is -2.12. The Labute approximate surface area is 171 Å². The van der Waals surface area contributed by atoms with Crippen molar-refractivity contribution < 1.29 is 14.3 Å². The number of nitrogens with two attached hydrogens (primary N) is 1. The monoisotopic (exact) mass is 430 g/mol. The van der Waals surface area contributed by atoms with Crippen LogP contribution in [0.25, 0.3) is 0 Å². The van der Waals surface area contributed by atoms with E-state index in [0.29, 0.717) is 23.7 Å². The summed E-state index contributed by atoms with van der Waals surface area (Å²) in [6.07, 6.45) is 2.24. The number of carbonyl (C=O) groups excluding carboxylic acids is 1. The summed E-state index contributed by atoms with van der Waals surface area (Å²) in [5.74, 6) is 0.385. The van der Waals surface area contributed by atoms with Gasteiger partial charge in [0.05, 0.1) is 30.6 Å². The van der Waals surface area contributed by atoms with Crippen LogP contribution in [0.5, 0.6) is 11.5 Å². The number of nitrogens with zero attached hydrogens (tertiary/aromatic N) is 2. The zero-order valence-corrected chi connectivity index (χ0v) is 16.8. The number of ether oxygens (including phenoxy) is 2. The summed E-state index contributed by atoms with van der Waals surface area (Å²) in [4.78, 5) is 16.1. The number of methoxy groups -OCH3 is 1. The van der Waals surface area contributed by atoms with Crippen LogP contribution in [0.3, 0.4) is 0 Å². The lowest BCUT2D eigenvalue weighted by molar-refractivity contribution is 0.0950. The molecule has 0 saturated carbocycles. The molecule has 2 rings (SSSR count). The second kappa shape index (κ2) is 9.64. The number of benzene rings is 1. The highest BCUT2D eigenvalue weighted by molar-refractivity contribution is 6.46. The van der Waals surface area contributed by atoms with Crippen molar-refractivity contribution in [3.8, 4) is 11.5 Å². The molecule has 0 radical (unpaired) electrons. The average Bonchev–Trinajstić information content (AvgIpc) is 2.67. The lowest BCUT2D eigenvalue weighted by Crippen LogP contribution is -2.20. The number of pyridine rings is 1. The van der Waals surface area contributed by atoms with Crippen molar-refractivity contribution in [1.82, 2.24) is 10.4 Å². The molecule has 0 unspecified atom stereocenters. The number of hydrogen-bond donors (Lipinski definition) is 2. The van der Waals surface area contributed by atoms with Gasteiger partial charge in [0.25, 0.3) is 5.91 Å². The predicted octanol–water partition coefficient (Wildman–Crippen LogP) is 4.19. The van der Waals surface area contributed by atoms with E-state index in [-0.39, 0.29) is 26.6 Å². The number of aromatic nitrogens is 1. The number of amides is 1. The first-order valence-corrected chi connectivity index (χ1v) is 8.97. The smallest absolute Gasteiger partial charge is 0.291 e. The van der Waals surface area contributed by atoms with Crippen molar-refractivity contribution in [2.24, 2.45) is 5.10 Å². The molecule has 1 heterocycles. The van der Waals surface area contributed by atoms with Gasteiger partial charge in [-0.05, 0) is 18.6 Å². The topological polar surface area (TPSA) is 98.8 Å². The van der Waals surface area contributed by atoms with Gasteiger partial charge in [0.15, 0.2) is 22.3 Å². The highest BCUT2D eigenvalue weighted by Crippen LogP contribution is 2.34. The summed E-state index contributed by atoms with van der Waals surface area (Å²) in [5, 5.41) is 3.66. The van der Waals surface area contributed by atoms with Gasteiger partial charge in [0, 0.05) is 5.56 Å².